The highest BCUT2D eigenvalue weighted by Crippen LogP contribution is 2.48. The van der Waals surface area contributed by atoms with E-state index in [0.29, 0.717) is 18.3 Å². The average Bonchev–Trinajstić information content (AvgIpc) is 3.21. The van der Waals surface area contributed by atoms with E-state index in [1.807, 2.05) is 26.8 Å². The molecule has 0 saturated heterocycles. The van der Waals surface area contributed by atoms with E-state index in [0.717, 1.165) is 25.0 Å². The van der Waals surface area contributed by atoms with Gasteiger partial charge in [-0.05, 0) is 58.3 Å². The van der Waals surface area contributed by atoms with Gasteiger partial charge in [0.1, 0.15) is 0 Å². The normalized spacial score (nSPS) is 22.6. The summed E-state index contributed by atoms with van der Waals surface area (Å²) >= 11 is 0. The summed E-state index contributed by atoms with van der Waals surface area (Å²) in [6.45, 7) is 8.14. The fourth-order valence-electron chi connectivity index (χ4n) is 2.98. The molecule has 1 aliphatic rings. The number of aliphatic hydroxyl groups excluding tert-OH is 1. The minimum absolute atomic E-state index is 0.123. The molecule has 1 fully saturated rings. The molecule has 0 spiro atoms. The van der Waals surface area contributed by atoms with Crippen LogP contribution in [0.3, 0.4) is 0 Å². The van der Waals surface area contributed by atoms with Crippen molar-refractivity contribution in [1.29, 1.82) is 0 Å². The van der Waals surface area contributed by atoms with E-state index in [4.69, 9.17) is 14.8 Å². The first-order chi connectivity index (χ1) is 10.4. The monoisotopic (exact) mass is 309 g/mol. The zero-order valence-electron chi connectivity index (χ0n) is 14.7. The van der Waals surface area contributed by atoms with E-state index >= 15 is 0 Å². The van der Waals surface area contributed by atoms with Crippen molar-refractivity contribution in [2.45, 2.75) is 59.8 Å². The number of ether oxygens (including phenoxy) is 1. The van der Waals surface area contributed by atoms with Gasteiger partial charge in [0.2, 0.25) is 0 Å². The Labute approximate surface area is 134 Å². The SMILES string of the molecule is C/C=C(/CCO)N=C(CC)CC1CC1CC(C)(C)C(=O)OC. The fourth-order valence-corrected chi connectivity index (χ4v) is 2.98. The number of nitrogens with zero attached hydrogens (tertiary/aromatic N) is 1. The Morgan fingerprint density at radius 3 is 2.59 bits per heavy atom. The summed E-state index contributed by atoms with van der Waals surface area (Å²) < 4.78 is 4.88. The van der Waals surface area contributed by atoms with Gasteiger partial charge in [0.25, 0.3) is 0 Å². The third kappa shape index (κ3) is 5.56. The van der Waals surface area contributed by atoms with E-state index in [1.54, 1.807) is 0 Å². The highest BCUT2D eigenvalue weighted by molar-refractivity contribution is 5.85. The first-order valence-corrected chi connectivity index (χ1v) is 8.28. The van der Waals surface area contributed by atoms with Gasteiger partial charge in [0, 0.05) is 24.4 Å². The standard InChI is InChI=1S/C18H31NO3/c1-6-15(8-9-20)19-16(7-2)11-13-10-14(13)12-18(3,4)17(21)22-5/h6,13-14,20H,7-12H2,1-5H3/b15-6-,19-16?. The molecule has 0 aromatic rings. The number of rotatable bonds is 9. The molecule has 2 unspecified atom stereocenters. The predicted octanol–water partition coefficient (Wildman–Crippen LogP) is 3.74. The lowest BCUT2D eigenvalue weighted by Crippen LogP contribution is -2.26. The summed E-state index contributed by atoms with van der Waals surface area (Å²) in [5, 5.41) is 9.04. The molecule has 0 aromatic heterocycles. The molecule has 4 nitrogen and oxygen atoms in total. The number of carbonyl (C=O) groups excluding carboxylic acids is 1. The van der Waals surface area contributed by atoms with Gasteiger partial charge in [-0.3, -0.25) is 9.79 Å². The molecular weight excluding hydrogens is 278 g/mol. The maximum atomic E-state index is 11.8. The number of aliphatic hydroxyl groups is 1. The molecule has 1 saturated carbocycles. The number of aliphatic imine (C=N–C) groups is 1. The third-order valence-corrected chi connectivity index (χ3v) is 4.49. The smallest absolute Gasteiger partial charge is 0.311 e. The molecule has 0 bridgehead atoms. The number of hydrogen-bond donors (Lipinski definition) is 1. The number of methoxy groups -OCH3 is 1. The van der Waals surface area contributed by atoms with Gasteiger partial charge in [-0.25, -0.2) is 0 Å². The molecule has 4 heteroatoms. The molecule has 0 aromatic carbocycles. The van der Waals surface area contributed by atoms with Crippen LogP contribution in [-0.2, 0) is 9.53 Å². The van der Waals surface area contributed by atoms with E-state index in [-0.39, 0.29) is 12.6 Å². The van der Waals surface area contributed by atoms with Crippen LogP contribution >= 0.6 is 0 Å². The minimum Gasteiger partial charge on any atom is -0.469 e. The Balaban J connectivity index is 2.55. The zero-order valence-corrected chi connectivity index (χ0v) is 14.7. The van der Waals surface area contributed by atoms with Gasteiger partial charge < -0.3 is 9.84 Å². The Morgan fingerprint density at radius 1 is 1.41 bits per heavy atom. The van der Waals surface area contributed by atoms with Crippen LogP contribution in [-0.4, -0.2) is 30.5 Å². The van der Waals surface area contributed by atoms with Gasteiger partial charge in [-0.15, -0.1) is 0 Å². The molecular formula is C18H31NO3. The summed E-state index contributed by atoms with van der Waals surface area (Å²) in [6, 6.07) is 0. The lowest BCUT2D eigenvalue weighted by atomic mass is 9.86. The van der Waals surface area contributed by atoms with Crippen molar-refractivity contribution in [3.63, 3.8) is 0 Å². The van der Waals surface area contributed by atoms with Crippen molar-refractivity contribution in [3.05, 3.63) is 11.8 Å². The largest absolute Gasteiger partial charge is 0.469 e. The van der Waals surface area contributed by atoms with Crippen LogP contribution in [0, 0.1) is 17.3 Å². The maximum absolute atomic E-state index is 11.8. The highest BCUT2D eigenvalue weighted by Gasteiger charge is 2.43. The maximum Gasteiger partial charge on any atom is 0.311 e. The van der Waals surface area contributed by atoms with Crippen molar-refractivity contribution in [3.8, 4) is 0 Å². The number of allylic oxidation sites excluding steroid dienone is 1. The second-order valence-corrected chi connectivity index (χ2v) is 6.82. The van der Waals surface area contributed by atoms with Crippen molar-refractivity contribution in [1.82, 2.24) is 0 Å². The lowest BCUT2D eigenvalue weighted by molar-refractivity contribution is -0.151. The molecule has 1 N–H and O–H groups in total. The van der Waals surface area contributed by atoms with Gasteiger partial charge in [-0.1, -0.05) is 13.0 Å². The summed E-state index contributed by atoms with van der Waals surface area (Å²) in [5.74, 6) is 1.11. The van der Waals surface area contributed by atoms with Gasteiger partial charge in [-0.2, -0.15) is 0 Å². The Bertz CT molecular complexity index is 438. The van der Waals surface area contributed by atoms with Crippen LogP contribution < -0.4 is 0 Å². The quantitative estimate of drug-likeness (QED) is 0.521. The third-order valence-electron chi connectivity index (χ3n) is 4.49. The van der Waals surface area contributed by atoms with Gasteiger partial charge in [0.05, 0.1) is 12.5 Å². The molecule has 0 amide bonds. The summed E-state index contributed by atoms with van der Waals surface area (Å²) in [7, 11) is 1.45. The van der Waals surface area contributed by atoms with Gasteiger partial charge in [0.15, 0.2) is 0 Å². The summed E-state index contributed by atoms with van der Waals surface area (Å²) in [4.78, 5) is 16.5. The van der Waals surface area contributed by atoms with E-state index < -0.39 is 5.41 Å². The molecule has 126 valence electrons. The van der Waals surface area contributed by atoms with E-state index in [2.05, 4.69) is 6.92 Å². The average molecular weight is 309 g/mol. The first-order valence-electron chi connectivity index (χ1n) is 8.28. The molecule has 1 rings (SSSR count). The molecule has 22 heavy (non-hydrogen) atoms. The second-order valence-electron chi connectivity index (χ2n) is 6.82. The topological polar surface area (TPSA) is 58.9 Å². The summed E-state index contributed by atoms with van der Waals surface area (Å²) in [6.07, 6.45) is 6.58. The van der Waals surface area contributed by atoms with Crippen LogP contribution in [0.25, 0.3) is 0 Å². The molecule has 0 heterocycles. The van der Waals surface area contributed by atoms with Crippen LogP contribution in [0.5, 0.6) is 0 Å². The predicted molar refractivity (Wildman–Crippen MR) is 89.8 cm³/mol. The van der Waals surface area contributed by atoms with Crippen LogP contribution in [0.2, 0.25) is 0 Å². The van der Waals surface area contributed by atoms with Crippen molar-refractivity contribution < 1.29 is 14.6 Å². The lowest BCUT2D eigenvalue weighted by Gasteiger charge is -2.21. The van der Waals surface area contributed by atoms with Crippen molar-refractivity contribution in [2.24, 2.45) is 22.2 Å². The number of esters is 1. The summed E-state index contributed by atoms with van der Waals surface area (Å²) in [5.41, 5.74) is 1.76. The van der Waals surface area contributed by atoms with Crippen molar-refractivity contribution in [2.75, 3.05) is 13.7 Å². The van der Waals surface area contributed by atoms with Crippen molar-refractivity contribution >= 4 is 11.7 Å². The Kier molecular flexibility index (Phi) is 7.27. The molecule has 0 aliphatic heterocycles. The Morgan fingerprint density at radius 2 is 2.09 bits per heavy atom. The molecule has 1 aliphatic carbocycles. The van der Waals surface area contributed by atoms with E-state index in [9.17, 15) is 4.79 Å². The van der Waals surface area contributed by atoms with Crippen LogP contribution in [0.15, 0.2) is 16.8 Å². The van der Waals surface area contributed by atoms with Crippen LogP contribution in [0.4, 0.5) is 0 Å². The van der Waals surface area contributed by atoms with Crippen LogP contribution in [0.1, 0.15) is 59.8 Å². The zero-order chi connectivity index (χ0) is 16.8. The number of hydrogen-bond acceptors (Lipinski definition) is 4. The Hall–Kier alpha value is -1.16. The fraction of sp³-hybridized carbons (Fsp3) is 0.778. The molecule has 2 atom stereocenters. The highest BCUT2D eigenvalue weighted by atomic mass is 16.5. The van der Waals surface area contributed by atoms with E-state index in [1.165, 1.54) is 19.2 Å². The first kappa shape index (κ1) is 18.9. The molecule has 0 radical (unpaired) electrons. The second kappa shape index (κ2) is 8.47. The number of carbonyl (C=O) groups is 1. The van der Waals surface area contributed by atoms with Gasteiger partial charge >= 0.3 is 5.97 Å². The minimum atomic E-state index is -0.400.